The lowest BCUT2D eigenvalue weighted by atomic mass is 10.2. The van der Waals surface area contributed by atoms with Gasteiger partial charge >= 0.3 is 0 Å². The second kappa shape index (κ2) is 4.06. The van der Waals surface area contributed by atoms with Crippen molar-refractivity contribution in [3.63, 3.8) is 0 Å². The Labute approximate surface area is 94.1 Å². The Balaban J connectivity index is 2.25. The van der Waals surface area contributed by atoms with Crippen LogP contribution in [0.4, 0.5) is 0 Å². The number of rotatable bonds is 2. The Morgan fingerprint density at radius 2 is 2.29 bits per heavy atom. The third-order valence-corrected chi connectivity index (χ3v) is 2.71. The lowest BCUT2D eigenvalue weighted by Gasteiger charge is -2.04. The van der Waals surface area contributed by atoms with Crippen LogP contribution in [0.15, 0.2) is 29.0 Å². The van der Waals surface area contributed by atoms with Crippen molar-refractivity contribution in [2.45, 2.75) is 6.92 Å². The van der Waals surface area contributed by atoms with E-state index in [0.29, 0.717) is 5.19 Å². The molecule has 5 heteroatoms. The molecule has 0 bridgehead atoms. The van der Waals surface area contributed by atoms with Gasteiger partial charge in [0.15, 0.2) is 0 Å². The largest absolute Gasteiger partial charge is 0.430 e. The smallest absolute Gasteiger partial charge is 0.298 e. The van der Waals surface area contributed by atoms with Crippen molar-refractivity contribution in [3.8, 4) is 10.9 Å². The highest BCUT2D eigenvalue weighted by Crippen LogP contribution is 2.27. The molecule has 0 aliphatic rings. The van der Waals surface area contributed by atoms with Gasteiger partial charge in [-0.3, -0.25) is 0 Å². The molecule has 2 rings (SSSR count). The molecule has 0 spiro atoms. The molecule has 3 nitrogen and oxygen atoms in total. The zero-order valence-corrected chi connectivity index (χ0v) is 9.80. The highest BCUT2D eigenvalue weighted by atomic mass is 79.9. The summed E-state index contributed by atoms with van der Waals surface area (Å²) in [6.07, 6.45) is 1.48. The molecule has 72 valence electrons. The zero-order chi connectivity index (χ0) is 9.97. The lowest BCUT2D eigenvalue weighted by molar-refractivity contribution is 0.475. The summed E-state index contributed by atoms with van der Waals surface area (Å²) in [5.41, 5.74) is 1.06. The minimum Gasteiger partial charge on any atom is -0.430 e. The Morgan fingerprint density at radius 3 is 2.93 bits per heavy atom. The van der Waals surface area contributed by atoms with E-state index in [1.54, 1.807) is 0 Å². The first-order valence-corrected chi connectivity index (χ1v) is 5.53. The quantitative estimate of drug-likeness (QED) is 0.839. The van der Waals surface area contributed by atoms with Crippen LogP contribution >= 0.6 is 27.5 Å². The summed E-state index contributed by atoms with van der Waals surface area (Å²) in [5.74, 6) is 0.810. The number of hydrogen-bond donors (Lipinski definition) is 0. The van der Waals surface area contributed by atoms with Crippen LogP contribution in [0.2, 0.25) is 0 Å². The summed E-state index contributed by atoms with van der Waals surface area (Å²) in [6.45, 7) is 1.99. The van der Waals surface area contributed by atoms with Gasteiger partial charge in [0.1, 0.15) is 12.1 Å². The van der Waals surface area contributed by atoms with E-state index in [4.69, 9.17) is 4.74 Å². The van der Waals surface area contributed by atoms with Crippen molar-refractivity contribution >= 4 is 27.5 Å². The van der Waals surface area contributed by atoms with Gasteiger partial charge in [-0.2, -0.15) is 9.36 Å². The first-order valence-electron chi connectivity index (χ1n) is 3.96. The molecule has 14 heavy (non-hydrogen) atoms. The molecule has 0 radical (unpaired) electrons. The molecule has 0 aliphatic carbocycles. The van der Waals surface area contributed by atoms with Crippen molar-refractivity contribution in [1.29, 1.82) is 0 Å². The van der Waals surface area contributed by atoms with Crippen LogP contribution in [-0.4, -0.2) is 9.36 Å². The van der Waals surface area contributed by atoms with E-state index >= 15 is 0 Å². The van der Waals surface area contributed by atoms with E-state index < -0.39 is 0 Å². The van der Waals surface area contributed by atoms with Gasteiger partial charge in [0.2, 0.25) is 0 Å². The summed E-state index contributed by atoms with van der Waals surface area (Å²) in [4.78, 5) is 3.95. The highest BCUT2D eigenvalue weighted by Gasteiger charge is 2.03. The fourth-order valence-corrected chi connectivity index (χ4v) is 1.91. The standard InChI is InChI=1S/C9H7BrN2OS/c1-6-4-7(10)2-3-8(6)13-9-11-5-12-14-9/h2-5H,1H3. The summed E-state index contributed by atoms with van der Waals surface area (Å²) >= 11 is 4.63. The van der Waals surface area contributed by atoms with Gasteiger partial charge in [0.25, 0.3) is 5.19 Å². The average molecular weight is 271 g/mol. The Hall–Kier alpha value is -0.940. The van der Waals surface area contributed by atoms with E-state index in [1.807, 2.05) is 25.1 Å². The molecule has 2 aromatic rings. The maximum atomic E-state index is 5.53. The van der Waals surface area contributed by atoms with E-state index in [2.05, 4.69) is 25.3 Å². The second-order valence-corrected chi connectivity index (χ2v) is 4.38. The van der Waals surface area contributed by atoms with E-state index in [-0.39, 0.29) is 0 Å². The third-order valence-electron chi connectivity index (χ3n) is 1.68. The SMILES string of the molecule is Cc1cc(Br)ccc1Oc1ncns1. The summed E-state index contributed by atoms with van der Waals surface area (Å²) in [6, 6.07) is 5.83. The van der Waals surface area contributed by atoms with Gasteiger partial charge in [-0.25, -0.2) is 0 Å². The monoisotopic (exact) mass is 270 g/mol. The summed E-state index contributed by atoms with van der Waals surface area (Å²) < 4.78 is 10.4. The molecule has 0 fully saturated rings. The predicted molar refractivity (Wildman–Crippen MR) is 58.9 cm³/mol. The van der Waals surface area contributed by atoms with Gasteiger partial charge in [0, 0.05) is 16.0 Å². The number of aromatic nitrogens is 2. The van der Waals surface area contributed by atoms with Crippen molar-refractivity contribution in [1.82, 2.24) is 9.36 Å². The van der Waals surface area contributed by atoms with Gasteiger partial charge < -0.3 is 4.74 Å². The van der Waals surface area contributed by atoms with Crippen LogP contribution in [-0.2, 0) is 0 Å². The molecule has 0 unspecified atom stereocenters. The molecule has 0 aliphatic heterocycles. The van der Waals surface area contributed by atoms with Gasteiger partial charge in [-0.05, 0) is 30.7 Å². The molecule has 1 aromatic heterocycles. The van der Waals surface area contributed by atoms with E-state index in [0.717, 1.165) is 15.8 Å². The molecule has 0 atom stereocenters. The topological polar surface area (TPSA) is 35.0 Å². The maximum absolute atomic E-state index is 5.53. The van der Waals surface area contributed by atoms with E-state index in [9.17, 15) is 0 Å². The van der Waals surface area contributed by atoms with Crippen molar-refractivity contribution in [2.75, 3.05) is 0 Å². The molecular weight excluding hydrogens is 264 g/mol. The zero-order valence-electron chi connectivity index (χ0n) is 7.40. The first-order chi connectivity index (χ1) is 6.75. The summed E-state index contributed by atoms with van der Waals surface area (Å²) in [7, 11) is 0. The molecule has 0 N–H and O–H groups in total. The van der Waals surface area contributed by atoms with Crippen molar-refractivity contribution in [2.24, 2.45) is 0 Å². The third kappa shape index (κ3) is 2.10. The number of halogens is 1. The minimum absolute atomic E-state index is 0.565. The number of aryl methyl sites for hydroxylation is 1. The van der Waals surface area contributed by atoms with Crippen LogP contribution in [0.25, 0.3) is 0 Å². The lowest BCUT2D eigenvalue weighted by Crippen LogP contribution is -1.86. The molecule has 0 saturated heterocycles. The fraction of sp³-hybridized carbons (Fsp3) is 0.111. The molecule has 1 aromatic carbocycles. The number of benzene rings is 1. The van der Waals surface area contributed by atoms with Crippen LogP contribution < -0.4 is 4.74 Å². The Bertz CT molecular complexity index is 430. The number of hydrogen-bond acceptors (Lipinski definition) is 4. The molecule has 0 saturated carbocycles. The Morgan fingerprint density at radius 1 is 1.43 bits per heavy atom. The van der Waals surface area contributed by atoms with Crippen LogP contribution in [0.3, 0.4) is 0 Å². The predicted octanol–water partition coefficient (Wildman–Crippen LogP) is 3.40. The van der Waals surface area contributed by atoms with Crippen LogP contribution in [0, 0.1) is 6.92 Å². The fourth-order valence-electron chi connectivity index (χ4n) is 1.03. The van der Waals surface area contributed by atoms with Gasteiger partial charge in [-0.1, -0.05) is 15.9 Å². The summed E-state index contributed by atoms with van der Waals surface area (Å²) in [5, 5.41) is 0.565. The van der Waals surface area contributed by atoms with Crippen molar-refractivity contribution in [3.05, 3.63) is 34.6 Å². The number of nitrogens with zero attached hydrogens (tertiary/aromatic N) is 2. The molecule has 0 amide bonds. The first kappa shape index (κ1) is 9.61. The highest BCUT2D eigenvalue weighted by molar-refractivity contribution is 9.10. The molecular formula is C9H7BrN2OS. The van der Waals surface area contributed by atoms with E-state index in [1.165, 1.54) is 17.9 Å². The minimum atomic E-state index is 0.565. The average Bonchev–Trinajstić information content (AvgIpc) is 2.62. The van der Waals surface area contributed by atoms with Gasteiger partial charge in [-0.15, -0.1) is 0 Å². The normalized spacial score (nSPS) is 10.1. The number of ether oxygens (including phenoxy) is 1. The molecule has 1 heterocycles. The van der Waals surface area contributed by atoms with Crippen molar-refractivity contribution < 1.29 is 4.74 Å². The second-order valence-electron chi connectivity index (χ2n) is 2.72. The van der Waals surface area contributed by atoms with Crippen LogP contribution in [0.5, 0.6) is 10.9 Å². The van der Waals surface area contributed by atoms with Gasteiger partial charge in [0.05, 0.1) is 0 Å². The Kier molecular flexibility index (Phi) is 2.79. The van der Waals surface area contributed by atoms with Crippen LogP contribution in [0.1, 0.15) is 5.56 Å². The maximum Gasteiger partial charge on any atom is 0.298 e.